The van der Waals surface area contributed by atoms with Crippen LogP contribution in [0.1, 0.15) is 49.5 Å². The van der Waals surface area contributed by atoms with Crippen molar-refractivity contribution in [2.24, 2.45) is 5.92 Å². The van der Waals surface area contributed by atoms with Gasteiger partial charge in [0, 0.05) is 24.3 Å². The minimum absolute atomic E-state index is 0. The Labute approximate surface area is 128 Å². The molecule has 0 atom stereocenters. The van der Waals surface area contributed by atoms with Crippen molar-refractivity contribution in [3.8, 4) is 0 Å². The van der Waals surface area contributed by atoms with Crippen LogP contribution in [-0.2, 0) is 0 Å². The summed E-state index contributed by atoms with van der Waals surface area (Å²) in [6, 6.07) is 5.53. The lowest BCUT2D eigenvalue weighted by atomic mass is 10.0. The Bertz CT molecular complexity index is 430. The van der Waals surface area contributed by atoms with E-state index in [1.54, 1.807) is 6.07 Å². The first kappa shape index (κ1) is 18.8. The molecule has 0 aromatic heterocycles. The third-order valence-electron chi connectivity index (χ3n) is 3.79. The van der Waals surface area contributed by atoms with Gasteiger partial charge in [-0.25, -0.2) is 0 Å². The van der Waals surface area contributed by atoms with Crippen LogP contribution in [0.25, 0.3) is 0 Å². The maximum Gasteiger partial charge on any atom is 0.254 e. The molecule has 0 saturated heterocycles. The number of nitrogens with zero attached hydrogens (tertiary/aromatic N) is 1. The number of halogens is 1. The number of rotatable bonds is 6. The molecule has 2 N–H and O–H groups in total. The molecule has 1 amide bonds. The lowest BCUT2D eigenvalue weighted by Crippen LogP contribution is -2.35. The molecule has 1 aromatic rings. The van der Waals surface area contributed by atoms with Gasteiger partial charge in [-0.1, -0.05) is 32.8 Å². The van der Waals surface area contributed by atoms with Crippen molar-refractivity contribution < 1.29 is 4.79 Å². The van der Waals surface area contributed by atoms with E-state index >= 15 is 0 Å². The molecular weight excluding hydrogens is 272 g/mol. The van der Waals surface area contributed by atoms with Gasteiger partial charge in [-0.05, 0) is 37.5 Å². The summed E-state index contributed by atoms with van der Waals surface area (Å²) in [7, 11) is 0. The molecule has 0 aliphatic rings. The van der Waals surface area contributed by atoms with Gasteiger partial charge in [0.1, 0.15) is 0 Å². The number of aryl methyl sites for hydroxylation is 1. The van der Waals surface area contributed by atoms with Crippen LogP contribution >= 0.6 is 12.4 Å². The Morgan fingerprint density at radius 1 is 1.25 bits per heavy atom. The van der Waals surface area contributed by atoms with E-state index in [-0.39, 0.29) is 18.3 Å². The second-order valence-corrected chi connectivity index (χ2v) is 5.10. The lowest BCUT2D eigenvalue weighted by Gasteiger charge is -2.26. The van der Waals surface area contributed by atoms with Crippen molar-refractivity contribution in [2.75, 3.05) is 18.8 Å². The highest BCUT2D eigenvalue weighted by Gasteiger charge is 2.19. The Hall–Kier alpha value is -1.22. The Balaban J connectivity index is 0.00000361. The van der Waals surface area contributed by atoms with Gasteiger partial charge >= 0.3 is 0 Å². The minimum atomic E-state index is 0. The summed E-state index contributed by atoms with van der Waals surface area (Å²) in [5.41, 5.74) is 8.15. The SMILES string of the molecule is CCC(CC)CN(CC)C(=O)c1cc(N)ccc1C.Cl. The van der Waals surface area contributed by atoms with Gasteiger partial charge < -0.3 is 10.6 Å². The van der Waals surface area contributed by atoms with E-state index in [0.29, 0.717) is 11.6 Å². The van der Waals surface area contributed by atoms with E-state index < -0.39 is 0 Å². The summed E-state index contributed by atoms with van der Waals surface area (Å²) in [5.74, 6) is 0.671. The van der Waals surface area contributed by atoms with Crippen LogP contribution < -0.4 is 5.73 Å². The summed E-state index contributed by atoms with van der Waals surface area (Å²) in [4.78, 5) is 14.5. The van der Waals surface area contributed by atoms with Gasteiger partial charge in [-0.2, -0.15) is 0 Å². The maximum absolute atomic E-state index is 12.6. The molecule has 0 saturated carbocycles. The average molecular weight is 299 g/mol. The number of nitrogens with two attached hydrogens (primary N) is 1. The molecule has 1 rings (SSSR count). The van der Waals surface area contributed by atoms with Crippen molar-refractivity contribution in [3.63, 3.8) is 0 Å². The van der Waals surface area contributed by atoms with Crippen molar-refractivity contribution in [1.29, 1.82) is 0 Å². The fraction of sp³-hybridized carbons (Fsp3) is 0.562. The van der Waals surface area contributed by atoms with E-state index in [0.717, 1.165) is 37.1 Å². The zero-order chi connectivity index (χ0) is 14.4. The minimum Gasteiger partial charge on any atom is -0.399 e. The van der Waals surface area contributed by atoms with Crippen molar-refractivity contribution in [1.82, 2.24) is 4.90 Å². The van der Waals surface area contributed by atoms with Gasteiger partial charge in [-0.3, -0.25) is 4.79 Å². The predicted molar refractivity (Wildman–Crippen MR) is 88.5 cm³/mol. The molecule has 0 fully saturated rings. The van der Waals surface area contributed by atoms with Gasteiger partial charge in [0.2, 0.25) is 0 Å². The lowest BCUT2D eigenvalue weighted by molar-refractivity contribution is 0.0734. The number of carbonyl (C=O) groups excluding carboxylic acids is 1. The number of amides is 1. The smallest absolute Gasteiger partial charge is 0.254 e. The summed E-state index contributed by atoms with van der Waals surface area (Å²) >= 11 is 0. The molecular formula is C16H27ClN2O. The highest BCUT2D eigenvalue weighted by molar-refractivity contribution is 5.96. The van der Waals surface area contributed by atoms with Crippen LogP contribution in [0.4, 0.5) is 5.69 Å². The van der Waals surface area contributed by atoms with Crippen LogP contribution in [0.2, 0.25) is 0 Å². The predicted octanol–water partition coefficient (Wildman–Crippen LogP) is 3.90. The average Bonchev–Trinajstić information content (AvgIpc) is 2.42. The van der Waals surface area contributed by atoms with Gasteiger partial charge in [0.05, 0.1) is 0 Å². The molecule has 114 valence electrons. The fourth-order valence-electron chi connectivity index (χ4n) is 2.25. The number of nitrogen functional groups attached to an aromatic ring is 1. The maximum atomic E-state index is 12.6. The highest BCUT2D eigenvalue weighted by atomic mass is 35.5. The normalized spacial score (nSPS) is 10.2. The van der Waals surface area contributed by atoms with E-state index in [1.165, 1.54) is 0 Å². The molecule has 3 nitrogen and oxygen atoms in total. The van der Waals surface area contributed by atoms with Gasteiger partial charge in [0.15, 0.2) is 0 Å². The van der Waals surface area contributed by atoms with Crippen LogP contribution in [0.3, 0.4) is 0 Å². The summed E-state index contributed by atoms with van der Waals surface area (Å²) < 4.78 is 0. The Morgan fingerprint density at radius 2 is 1.85 bits per heavy atom. The summed E-state index contributed by atoms with van der Waals surface area (Å²) in [6.07, 6.45) is 2.21. The quantitative estimate of drug-likeness (QED) is 0.810. The number of anilines is 1. The molecule has 20 heavy (non-hydrogen) atoms. The van der Waals surface area contributed by atoms with Crippen molar-refractivity contribution >= 4 is 24.0 Å². The van der Waals surface area contributed by atoms with Crippen LogP contribution in [0, 0.1) is 12.8 Å². The summed E-state index contributed by atoms with van der Waals surface area (Å²) in [6.45, 7) is 9.91. The van der Waals surface area contributed by atoms with E-state index in [9.17, 15) is 4.79 Å². The zero-order valence-electron chi connectivity index (χ0n) is 13.0. The van der Waals surface area contributed by atoms with Crippen LogP contribution in [-0.4, -0.2) is 23.9 Å². The van der Waals surface area contributed by atoms with Gasteiger partial charge in [0.25, 0.3) is 5.91 Å². The molecule has 0 spiro atoms. The molecule has 4 heteroatoms. The van der Waals surface area contributed by atoms with Crippen molar-refractivity contribution in [2.45, 2.75) is 40.5 Å². The molecule has 0 aliphatic heterocycles. The second kappa shape index (κ2) is 8.85. The molecule has 0 radical (unpaired) electrons. The monoisotopic (exact) mass is 298 g/mol. The van der Waals surface area contributed by atoms with Crippen molar-refractivity contribution in [3.05, 3.63) is 29.3 Å². The molecule has 0 aliphatic carbocycles. The fourth-order valence-corrected chi connectivity index (χ4v) is 2.25. The molecule has 1 aromatic carbocycles. The number of carbonyl (C=O) groups is 1. The first-order chi connectivity index (χ1) is 9.03. The van der Waals surface area contributed by atoms with E-state index in [2.05, 4.69) is 13.8 Å². The molecule has 0 bridgehead atoms. The van der Waals surface area contributed by atoms with E-state index in [4.69, 9.17) is 5.73 Å². The number of benzene rings is 1. The standard InChI is InChI=1S/C16H26N2O.ClH/c1-5-13(6-2)11-18(7-3)16(19)15-10-14(17)9-8-12(15)4;/h8-10,13H,5-7,11,17H2,1-4H3;1H. The van der Waals surface area contributed by atoms with Crippen LogP contribution in [0.5, 0.6) is 0 Å². The number of hydrogen-bond acceptors (Lipinski definition) is 2. The Morgan fingerprint density at radius 3 is 2.35 bits per heavy atom. The molecule has 0 unspecified atom stereocenters. The summed E-state index contributed by atoms with van der Waals surface area (Å²) in [5, 5.41) is 0. The zero-order valence-corrected chi connectivity index (χ0v) is 13.8. The third kappa shape index (κ3) is 4.71. The first-order valence-corrected chi connectivity index (χ1v) is 7.18. The molecule has 0 heterocycles. The number of hydrogen-bond donors (Lipinski definition) is 1. The Kier molecular flexibility index (Phi) is 8.31. The van der Waals surface area contributed by atoms with Crippen LogP contribution in [0.15, 0.2) is 18.2 Å². The topological polar surface area (TPSA) is 46.3 Å². The van der Waals surface area contributed by atoms with E-state index in [1.807, 2.05) is 30.9 Å². The van der Waals surface area contributed by atoms with Gasteiger partial charge in [-0.15, -0.1) is 12.4 Å². The largest absolute Gasteiger partial charge is 0.399 e. The second-order valence-electron chi connectivity index (χ2n) is 5.10. The first-order valence-electron chi connectivity index (χ1n) is 7.18. The third-order valence-corrected chi connectivity index (χ3v) is 3.79. The highest BCUT2D eigenvalue weighted by Crippen LogP contribution is 2.17.